The number of rotatable bonds is 5. The van der Waals surface area contributed by atoms with Crippen LogP contribution in [-0.4, -0.2) is 37.3 Å². The summed E-state index contributed by atoms with van der Waals surface area (Å²) >= 11 is 5.82. The van der Waals surface area contributed by atoms with E-state index >= 15 is 0 Å². The van der Waals surface area contributed by atoms with Crippen LogP contribution in [0, 0.1) is 5.92 Å². The molecule has 0 spiro atoms. The van der Waals surface area contributed by atoms with Crippen molar-refractivity contribution >= 4 is 27.4 Å². The fourth-order valence-electron chi connectivity index (χ4n) is 2.65. The van der Waals surface area contributed by atoms with Crippen LogP contribution in [0.2, 0.25) is 5.02 Å². The topological polar surface area (TPSA) is 54.5 Å². The molecule has 1 atom stereocenters. The van der Waals surface area contributed by atoms with Crippen molar-refractivity contribution in [1.29, 1.82) is 0 Å². The summed E-state index contributed by atoms with van der Waals surface area (Å²) in [5, 5.41) is 0.586. The van der Waals surface area contributed by atoms with Gasteiger partial charge in [-0.2, -0.15) is 0 Å². The minimum atomic E-state index is -3.23. The number of sulfonamides is 1. The van der Waals surface area contributed by atoms with Gasteiger partial charge in [-0.3, -0.25) is 4.79 Å². The first kappa shape index (κ1) is 16.5. The van der Waals surface area contributed by atoms with Gasteiger partial charge in [-0.25, -0.2) is 12.7 Å². The van der Waals surface area contributed by atoms with E-state index in [4.69, 9.17) is 11.6 Å². The molecular weight excluding hydrogens is 310 g/mol. The molecule has 2 rings (SSSR count). The Balaban J connectivity index is 2.10. The smallest absolute Gasteiger partial charge is 0.214 e. The van der Waals surface area contributed by atoms with Gasteiger partial charge in [0.15, 0.2) is 5.78 Å². The lowest BCUT2D eigenvalue weighted by atomic mass is 9.91. The van der Waals surface area contributed by atoms with Crippen LogP contribution in [0.5, 0.6) is 0 Å². The molecule has 0 N–H and O–H groups in total. The second kappa shape index (κ2) is 6.90. The van der Waals surface area contributed by atoms with Gasteiger partial charge in [-0.15, -0.1) is 0 Å². The van der Waals surface area contributed by atoms with E-state index in [9.17, 15) is 13.2 Å². The fraction of sp³-hybridized carbons (Fsp3) is 0.533. The standard InChI is InChI=1S/C15H20ClNO3S/c1-2-10-21(19,20)17-9-3-4-13(11-17)15(18)12-5-7-14(16)8-6-12/h5-8,13H,2-4,9-11H2,1H3. The minimum absolute atomic E-state index is 0.00284. The number of hydrogen-bond acceptors (Lipinski definition) is 3. The Morgan fingerprint density at radius 1 is 1.33 bits per heavy atom. The van der Waals surface area contributed by atoms with Crippen LogP contribution in [0.4, 0.5) is 0 Å². The highest BCUT2D eigenvalue weighted by Crippen LogP contribution is 2.24. The Hall–Kier alpha value is -0.910. The number of carbonyl (C=O) groups excluding carboxylic acids is 1. The van der Waals surface area contributed by atoms with E-state index in [1.165, 1.54) is 4.31 Å². The molecule has 1 aromatic rings. The third-order valence-electron chi connectivity index (χ3n) is 3.74. The number of benzene rings is 1. The van der Waals surface area contributed by atoms with Crippen LogP contribution in [0.25, 0.3) is 0 Å². The maximum atomic E-state index is 12.5. The largest absolute Gasteiger partial charge is 0.294 e. The second-order valence-electron chi connectivity index (χ2n) is 5.38. The third kappa shape index (κ3) is 4.05. The van der Waals surface area contributed by atoms with Crippen LogP contribution in [-0.2, 0) is 10.0 Å². The first-order chi connectivity index (χ1) is 9.94. The molecule has 1 aliphatic heterocycles. The van der Waals surface area contributed by atoms with E-state index < -0.39 is 10.0 Å². The van der Waals surface area contributed by atoms with E-state index in [1.807, 2.05) is 6.92 Å². The molecule has 1 unspecified atom stereocenters. The van der Waals surface area contributed by atoms with Crippen molar-refractivity contribution in [3.63, 3.8) is 0 Å². The summed E-state index contributed by atoms with van der Waals surface area (Å²) in [6, 6.07) is 6.76. The highest BCUT2D eigenvalue weighted by molar-refractivity contribution is 7.89. The van der Waals surface area contributed by atoms with Gasteiger partial charge in [-0.05, 0) is 43.5 Å². The maximum Gasteiger partial charge on any atom is 0.214 e. The van der Waals surface area contributed by atoms with Gasteiger partial charge in [0, 0.05) is 29.6 Å². The molecule has 0 saturated carbocycles. The Kier molecular flexibility index (Phi) is 5.41. The molecule has 1 heterocycles. The summed E-state index contributed by atoms with van der Waals surface area (Å²) in [5.41, 5.74) is 0.596. The number of hydrogen-bond donors (Lipinski definition) is 0. The molecule has 0 bridgehead atoms. The Morgan fingerprint density at radius 2 is 2.00 bits per heavy atom. The molecule has 0 radical (unpaired) electrons. The monoisotopic (exact) mass is 329 g/mol. The SMILES string of the molecule is CCCS(=O)(=O)N1CCCC(C(=O)c2ccc(Cl)cc2)C1. The number of carbonyl (C=O) groups is 1. The summed E-state index contributed by atoms with van der Waals surface area (Å²) in [6.45, 7) is 2.66. The van der Waals surface area contributed by atoms with E-state index in [2.05, 4.69) is 0 Å². The Morgan fingerprint density at radius 3 is 2.62 bits per heavy atom. The lowest BCUT2D eigenvalue weighted by Gasteiger charge is -2.31. The molecule has 0 aliphatic carbocycles. The lowest BCUT2D eigenvalue weighted by molar-refractivity contribution is 0.0872. The number of ketones is 1. The maximum absolute atomic E-state index is 12.5. The van der Waals surface area contributed by atoms with E-state index in [0.29, 0.717) is 30.1 Å². The predicted octanol–water partition coefficient (Wildman–Crippen LogP) is 2.97. The van der Waals surface area contributed by atoms with Gasteiger partial charge in [-0.1, -0.05) is 18.5 Å². The summed E-state index contributed by atoms with van der Waals surface area (Å²) in [7, 11) is -3.23. The van der Waals surface area contributed by atoms with Gasteiger partial charge in [0.1, 0.15) is 0 Å². The Bertz CT molecular complexity index is 598. The van der Waals surface area contributed by atoms with Crippen LogP contribution in [0.1, 0.15) is 36.5 Å². The summed E-state index contributed by atoms with van der Waals surface area (Å²) < 4.78 is 25.7. The number of piperidine rings is 1. The normalized spacial score (nSPS) is 20.4. The first-order valence-electron chi connectivity index (χ1n) is 7.21. The molecule has 116 valence electrons. The fourth-order valence-corrected chi connectivity index (χ4v) is 4.36. The van der Waals surface area contributed by atoms with Gasteiger partial charge in [0.25, 0.3) is 0 Å². The van der Waals surface area contributed by atoms with E-state index in [1.54, 1.807) is 24.3 Å². The van der Waals surface area contributed by atoms with Crippen molar-refractivity contribution in [3.8, 4) is 0 Å². The van der Waals surface area contributed by atoms with Gasteiger partial charge in [0.2, 0.25) is 10.0 Å². The first-order valence-corrected chi connectivity index (χ1v) is 9.20. The summed E-state index contributed by atoms with van der Waals surface area (Å²) in [4.78, 5) is 12.5. The number of halogens is 1. The van der Waals surface area contributed by atoms with Crippen molar-refractivity contribution in [3.05, 3.63) is 34.9 Å². The summed E-state index contributed by atoms with van der Waals surface area (Å²) in [5.74, 6) is -0.107. The average Bonchev–Trinajstić information content (AvgIpc) is 2.47. The summed E-state index contributed by atoms with van der Waals surface area (Å²) in [6.07, 6.45) is 2.06. The van der Waals surface area contributed by atoms with Gasteiger partial charge in [0.05, 0.1) is 5.75 Å². The average molecular weight is 330 g/mol. The molecular formula is C15H20ClNO3S. The van der Waals surface area contributed by atoms with Crippen LogP contribution in [0.15, 0.2) is 24.3 Å². The van der Waals surface area contributed by atoms with Crippen molar-refractivity contribution in [2.45, 2.75) is 26.2 Å². The molecule has 1 saturated heterocycles. The molecule has 4 nitrogen and oxygen atoms in total. The highest BCUT2D eigenvalue weighted by atomic mass is 35.5. The zero-order valence-corrected chi connectivity index (χ0v) is 13.7. The predicted molar refractivity (Wildman–Crippen MR) is 84.2 cm³/mol. The zero-order chi connectivity index (χ0) is 15.5. The zero-order valence-electron chi connectivity index (χ0n) is 12.1. The van der Waals surface area contributed by atoms with E-state index in [0.717, 1.165) is 12.8 Å². The molecule has 0 amide bonds. The molecule has 1 fully saturated rings. The molecule has 1 aromatic carbocycles. The van der Waals surface area contributed by atoms with Crippen molar-refractivity contribution in [2.75, 3.05) is 18.8 Å². The molecule has 0 aromatic heterocycles. The number of nitrogens with zero attached hydrogens (tertiary/aromatic N) is 1. The van der Waals surface area contributed by atoms with Crippen molar-refractivity contribution < 1.29 is 13.2 Å². The molecule has 1 aliphatic rings. The van der Waals surface area contributed by atoms with Gasteiger partial charge >= 0.3 is 0 Å². The number of Topliss-reactive ketones (excluding diaryl/α,β-unsaturated/α-hetero) is 1. The molecule has 6 heteroatoms. The van der Waals surface area contributed by atoms with Crippen molar-refractivity contribution in [2.24, 2.45) is 5.92 Å². The van der Waals surface area contributed by atoms with E-state index in [-0.39, 0.29) is 17.5 Å². The highest BCUT2D eigenvalue weighted by Gasteiger charge is 2.32. The van der Waals surface area contributed by atoms with Crippen LogP contribution < -0.4 is 0 Å². The van der Waals surface area contributed by atoms with Crippen LogP contribution >= 0.6 is 11.6 Å². The minimum Gasteiger partial charge on any atom is -0.294 e. The molecule has 21 heavy (non-hydrogen) atoms. The Labute approximate surface area is 131 Å². The van der Waals surface area contributed by atoms with Crippen LogP contribution in [0.3, 0.4) is 0 Å². The van der Waals surface area contributed by atoms with Gasteiger partial charge < -0.3 is 0 Å². The third-order valence-corrected chi connectivity index (χ3v) is 6.03. The van der Waals surface area contributed by atoms with Crippen molar-refractivity contribution in [1.82, 2.24) is 4.31 Å². The quantitative estimate of drug-likeness (QED) is 0.780. The second-order valence-corrected chi connectivity index (χ2v) is 7.91. The lowest BCUT2D eigenvalue weighted by Crippen LogP contribution is -2.43.